The topological polar surface area (TPSA) is 86.7 Å². The van der Waals surface area contributed by atoms with Crippen molar-refractivity contribution in [1.29, 1.82) is 0 Å². The highest BCUT2D eigenvalue weighted by atomic mass is 16.4. The van der Waals surface area contributed by atoms with Gasteiger partial charge < -0.3 is 15.3 Å². The first-order valence-electron chi connectivity index (χ1n) is 7.26. The lowest BCUT2D eigenvalue weighted by atomic mass is 10.1. The van der Waals surface area contributed by atoms with Gasteiger partial charge in [0.25, 0.3) is 5.91 Å². The Labute approximate surface area is 129 Å². The van der Waals surface area contributed by atoms with Crippen LogP contribution in [0.2, 0.25) is 0 Å². The minimum Gasteiger partial charge on any atom is -0.481 e. The van der Waals surface area contributed by atoms with Gasteiger partial charge in [-0.3, -0.25) is 14.4 Å². The van der Waals surface area contributed by atoms with E-state index in [2.05, 4.69) is 5.32 Å². The summed E-state index contributed by atoms with van der Waals surface area (Å²) >= 11 is 0. The van der Waals surface area contributed by atoms with Crippen LogP contribution in [0.15, 0.2) is 24.3 Å². The van der Waals surface area contributed by atoms with E-state index < -0.39 is 5.97 Å². The van der Waals surface area contributed by atoms with Crippen LogP contribution in [0.5, 0.6) is 0 Å². The van der Waals surface area contributed by atoms with E-state index in [1.165, 1.54) is 4.90 Å². The van der Waals surface area contributed by atoms with Crippen LogP contribution in [0.3, 0.4) is 0 Å². The van der Waals surface area contributed by atoms with Gasteiger partial charge in [-0.05, 0) is 36.6 Å². The molecule has 2 amide bonds. The van der Waals surface area contributed by atoms with Crippen LogP contribution in [-0.4, -0.2) is 41.4 Å². The van der Waals surface area contributed by atoms with E-state index in [0.29, 0.717) is 17.2 Å². The number of nitrogens with zero attached hydrogens (tertiary/aromatic N) is 1. The minimum atomic E-state index is -0.938. The Morgan fingerprint density at radius 1 is 1.27 bits per heavy atom. The van der Waals surface area contributed by atoms with Gasteiger partial charge in [-0.1, -0.05) is 6.92 Å². The lowest BCUT2D eigenvalue weighted by Crippen LogP contribution is -2.29. The molecule has 1 aliphatic carbocycles. The van der Waals surface area contributed by atoms with Crippen molar-refractivity contribution in [3.63, 3.8) is 0 Å². The van der Waals surface area contributed by atoms with Crippen LogP contribution >= 0.6 is 0 Å². The summed E-state index contributed by atoms with van der Waals surface area (Å²) in [5.74, 6) is -0.612. The predicted octanol–water partition coefficient (Wildman–Crippen LogP) is 1.83. The van der Waals surface area contributed by atoms with E-state index in [0.717, 1.165) is 6.42 Å². The molecule has 6 nitrogen and oxygen atoms in total. The Bertz CT molecular complexity index is 582. The second-order valence-electron chi connectivity index (χ2n) is 5.76. The maximum atomic E-state index is 12.1. The molecular formula is C16H20N2O4. The van der Waals surface area contributed by atoms with Gasteiger partial charge in [0.2, 0.25) is 5.91 Å². The van der Waals surface area contributed by atoms with Crippen molar-refractivity contribution < 1.29 is 19.5 Å². The Kier molecular flexibility index (Phi) is 4.80. The van der Waals surface area contributed by atoms with Crippen molar-refractivity contribution in [2.75, 3.05) is 18.9 Å². The first-order valence-corrected chi connectivity index (χ1v) is 7.26. The van der Waals surface area contributed by atoms with Gasteiger partial charge in [0.05, 0.1) is 6.42 Å². The fourth-order valence-electron chi connectivity index (χ4n) is 2.20. The summed E-state index contributed by atoms with van der Waals surface area (Å²) in [7, 11) is 1.56. The first-order chi connectivity index (χ1) is 10.4. The molecule has 1 fully saturated rings. The molecule has 0 aromatic heterocycles. The molecule has 0 heterocycles. The number of rotatable bonds is 6. The average Bonchev–Trinajstić information content (AvgIpc) is 3.22. The molecule has 1 aromatic carbocycles. The highest BCUT2D eigenvalue weighted by molar-refractivity contribution is 5.97. The molecule has 2 unspecified atom stereocenters. The monoisotopic (exact) mass is 304 g/mol. The Hall–Kier alpha value is -2.37. The van der Waals surface area contributed by atoms with Crippen LogP contribution in [0.25, 0.3) is 0 Å². The molecule has 0 radical (unpaired) electrons. The molecule has 0 spiro atoms. The summed E-state index contributed by atoms with van der Waals surface area (Å²) in [6.45, 7) is 2.20. The molecule has 2 rings (SSSR count). The minimum absolute atomic E-state index is 0.0187. The molecule has 22 heavy (non-hydrogen) atoms. The number of amides is 2. The van der Waals surface area contributed by atoms with Crippen molar-refractivity contribution in [2.45, 2.75) is 19.8 Å². The lowest BCUT2D eigenvalue weighted by Gasteiger charge is -2.16. The van der Waals surface area contributed by atoms with Crippen LogP contribution in [0.4, 0.5) is 5.69 Å². The second-order valence-corrected chi connectivity index (χ2v) is 5.76. The summed E-state index contributed by atoms with van der Waals surface area (Å²) < 4.78 is 0. The van der Waals surface area contributed by atoms with Crippen molar-refractivity contribution in [2.24, 2.45) is 11.8 Å². The number of carbonyl (C=O) groups excluding carboxylic acids is 2. The molecule has 1 saturated carbocycles. The smallest absolute Gasteiger partial charge is 0.305 e. The van der Waals surface area contributed by atoms with Crippen LogP contribution in [0, 0.1) is 11.8 Å². The van der Waals surface area contributed by atoms with Crippen molar-refractivity contribution in [3.8, 4) is 0 Å². The number of nitrogens with one attached hydrogen (secondary N) is 1. The van der Waals surface area contributed by atoms with Crippen LogP contribution in [0.1, 0.15) is 30.1 Å². The number of benzene rings is 1. The van der Waals surface area contributed by atoms with E-state index in [9.17, 15) is 14.4 Å². The Balaban J connectivity index is 1.91. The standard InChI is InChI=1S/C16H20N2O4/c1-10-9-13(10)15(21)17-12-5-3-11(4-6-12)16(22)18(2)8-7-14(19)20/h3-6,10,13H,7-9H2,1-2H3,(H,17,21)(H,19,20). The number of carboxylic acid groups (broad SMARTS) is 1. The molecule has 6 heteroatoms. The first kappa shape index (κ1) is 16.0. The highest BCUT2D eigenvalue weighted by Gasteiger charge is 2.39. The normalized spacial score (nSPS) is 19.4. The molecule has 0 bridgehead atoms. The van der Waals surface area contributed by atoms with Gasteiger partial charge in [0, 0.05) is 30.8 Å². The molecule has 0 aliphatic heterocycles. The van der Waals surface area contributed by atoms with E-state index in [1.54, 1.807) is 31.3 Å². The summed E-state index contributed by atoms with van der Waals surface area (Å²) in [5, 5.41) is 11.5. The summed E-state index contributed by atoms with van der Waals surface area (Å²) in [4.78, 5) is 35.8. The quantitative estimate of drug-likeness (QED) is 0.839. The number of hydrogen-bond donors (Lipinski definition) is 2. The van der Waals surface area contributed by atoms with E-state index in [-0.39, 0.29) is 30.7 Å². The van der Waals surface area contributed by atoms with Gasteiger partial charge in [0.15, 0.2) is 0 Å². The Morgan fingerprint density at radius 3 is 2.36 bits per heavy atom. The number of hydrogen-bond acceptors (Lipinski definition) is 3. The van der Waals surface area contributed by atoms with Crippen LogP contribution in [-0.2, 0) is 9.59 Å². The van der Waals surface area contributed by atoms with Crippen molar-refractivity contribution in [3.05, 3.63) is 29.8 Å². The zero-order valence-electron chi connectivity index (χ0n) is 12.7. The number of carboxylic acids is 1. The lowest BCUT2D eigenvalue weighted by molar-refractivity contribution is -0.137. The molecule has 2 N–H and O–H groups in total. The van der Waals surface area contributed by atoms with Crippen molar-refractivity contribution >= 4 is 23.5 Å². The molecule has 118 valence electrons. The van der Waals surface area contributed by atoms with Gasteiger partial charge in [-0.2, -0.15) is 0 Å². The number of aliphatic carboxylic acids is 1. The van der Waals surface area contributed by atoms with E-state index in [4.69, 9.17) is 5.11 Å². The third-order valence-electron chi connectivity index (χ3n) is 3.85. The van der Waals surface area contributed by atoms with E-state index >= 15 is 0 Å². The van der Waals surface area contributed by atoms with Gasteiger partial charge in [-0.15, -0.1) is 0 Å². The van der Waals surface area contributed by atoms with Crippen molar-refractivity contribution in [1.82, 2.24) is 4.90 Å². The number of carbonyl (C=O) groups is 3. The Morgan fingerprint density at radius 2 is 1.86 bits per heavy atom. The molecule has 1 aliphatic rings. The highest BCUT2D eigenvalue weighted by Crippen LogP contribution is 2.38. The zero-order valence-corrected chi connectivity index (χ0v) is 12.7. The average molecular weight is 304 g/mol. The van der Waals surface area contributed by atoms with Gasteiger partial charge >= 0.3 is 5.97 Å². The summed E-state index contributed by atoms with van der Waals surface area (Å²) in [5.41, 5.74) is 1.12. The molecule has 0 saturated heterocycles. The predicted molar refractivity (Wildman–Crippen MR) is 81.6 cm³/mol. The summed E-state index contributed by atoms with van der Waals surface area (Å²) in [6, 6.07) is 6.63. The van der Waals surface area contributed by atoms with Crippen LogP contribution < -0.4 is 5.32 Å². The number of anilines is 1. The zero-order chi connectivity index (χ0) is 16.3. The third-order valence-corrected chi connectivity index (χ3v) is 3.85. The molecule has 2 atom stereocenters. The third kappa shape index (κ3) is 4.07. The van der Waals surface area contributed by atoms with E-state index in [1.807, 2.05) is 6.92 Å². The second kappa shape index (κ2) is 6.60. The van der Waals surface area contributed by atoms with Gasteiger partial charge in [0.1, 0.15) is 0 Å². The maximum Gasteiger partial charge on any atom is 0.305 e. The van der Waals surface area contributed by atoms with Gasteiger partial charge in [-0.25, -0.2) is 0 Å². The summed E-state index contributed by atoms with van der Waals surface area (Å²) in [6.07, 6.45) is 0.840. The fourth-order valence-corrected chi connectivity index (χ4v) is 2.20. The maximum absolute atomic E-state index is 12.1. The molecule has 1 aromatic rings. The largest absolute Gasteiger partial charge is 0.481 e. The SMILES string of the molecule is CC1CC1C(=O)Nc1ccc(C(=O)N(C)CCC(=O)O)cc1. The fraction of sp³-hybridized carbons (Fsp3) is 0.438. The molecular weight excluding hydrogens is 284 g/mol.